The van der Waals surface area contributed by atoms with E-state index >= 15 is 0 Å². The van der Waals surface area contributed by atoms with Crippen molar-refractivity contribution in [3.8, 4) is 9.88 Å². The second kappa shape index (κ2) is 7.34. The zero-order valence-electron chi connectivity index (χ0n) is 14.4. The van der Waals surface area contributed by atoms with E-state index in [1.807, 2.05) is 48.0 Å². The van der Waals surface area contributed by atoms with Crippen LogP contribution < -0.4 is 10.9 Å². The van der Waals surface area contributed by atoms with Crippen LogP contribution in [0.1, 0.15) is 20.9 Å². The van der Waals surface area contributed by atoms with Gasteiger partial charge in [-0.1, -0.05) is 24.3 Å². The van der Waals surface area contributed by atoms with Crippen LogP contribution in [-0.4, -0.2) is 21.8 Å². The molecule has 0 atom stereocenters. The van der Waals surface area contributed by atoms with Gasteiger partial charge in [0.2, 0.25) is 5.91 Å². The van der Waals surface area contributed by atoms with Crippen LogP contribution in [0.15, 0.2) is 48.0 Å². The molecule has 3 N–H and O–H groups in total. The topological polar surface area (TPSA) is 86.9 Å². The van der Waals surface area contributed by atoms with Gasteiger partial charge in [0.05, 0.1) is 17.0 Å². The fraction of sp³-hybridized carbons (Fsp3) is 0.105. The Kier molecular flexibility index (Phi) is 4.74. The highest BCUT2D eigenvalue weighted by molar-refractivity contribution is 7.22. The molecule has 8 heteroatoms. The molecule has 0 aliphatic rings. The van der Waals surface area contributed by atoms with Crippen LogP contribution in [0.2, 0.25) is 0 Å². The Balaban J connectivity index is 1.40. The third kappa shape index (κ3) is 3.62. The second-order valence-corrected chi connectivity index (χ2v) is 7.90. The van der Waals surface area contributed by atoms with E-state index in [-0.39, 0.29) is 18.2 Å². The molecule has 0 fully saturated rings. The highest BCUT2D eigenvalue weighted by atomic mass is 32.1. The molecule has 136 valence electrons. The van der Waals surface area contributed by atoms with E-state index < -0.39 is 0 Å². The van der Waals surface area contributed by atoms with Gasteiger partial charge in [-0.25, -0.2) is 4.98 Å². The summed E-state index contributed by atoms with van der Waals surface area (Å²) in [6, 6.07) is 11.7. The third-order valence-corrected chi connectivity index (χ3v) is 6.27. The lowest BCUT2D eigenvalue weighted by atomic mass is 10.1. The molecule has 0 aliphatic heterocycles. The Hall–Kier alpha value is -2.97. The first kappa shape index (κ1) is 17.4. The van der Waals surface area contributed by atoms with E-state index in [0.717, 1.165) is 26.4 Å². The van der Waals surface area contributed by atoms with Gasteiger partial charge in [0.1, 0.15) is 9.88 Å². The first-order valence-corrected chi connectivity index (χ1v) is 9.97. The summed E-state index contributed by atoms with van der Waals surface area (Å²) in [4.78, 5) is 33.7. The van der Waals surface area contributed by atoms with Crippen molar-refractivity contribution in [2.24, 2.45) is 0 Å². The Morgan fingerprint density at radius 2 is 2.00 bits per heavy atom. The predicted molar refractivity (Wildman–Crippen MR) is 108 cm³/mol. The lowest BCUT2D eigenvalue weighted by molar-refractivity contribution is -0.121. The Morgan fingerprint density at radius 3 is 2.81 bits per heavy atom. The minimum absolute atomic E-state index is 0.173. The monoisotopic (exact) mass is 396 g/mol. The van der Waals surface area contributed by atoms with E-state index in [2.05, 4.69) is 20.8 Å². The first-order valence-electron chi connectivity index (χ1n) is 8.27. The standard InChI is InChI=1S/C19H16N4O2S2/c1-11-17(27-19(21-11)15-7-4-8-26-15)18(25)23-22-16(24)9-12-10-20-14-6-3-2-5-13(12)14/h2-8,10,20H,9H2,1H3,(H,22,24)(H,23,25). The highest BCUT2D eigenvalue weighted by Gasteiger charge is 2.17. The predicted octanol–water partition coefficient (Wildman–Crippen LogP) is 3.67. The van der Waals surface area contributed by atoms with Crippen molar-refractivity contribution in [2.75, 3.05) is 0 Å². The number of carbonyl (C=O) groups excluding carboxylic acids is 2. The summed E-state index contributed by atoms with van der Waals surface area (Å²) in [6.45, 7) is 1.79. The van der Waals surface area contributed by atoms with Gasteiger partial charge in [-0.3, -0.25) is 20.4 Å². The fourth-order valence-corrected chi connectivity index (χ4v) is 4.55. The van der Waals surface area contributed by atoms with Crippen molar-refractivity contribution in [1.82, 2.24) is 20.8 Å². The van der Waals surface area contributed by atoms with Crippen molar-refractivity contribution in [2.45, 2.75) is 13.3 Å². The molecule has 3 heterocycles. The number of amides is 2. The number of rotatable bonds is 4. The molecule has 1 aromatic carbocycles. The second-order valence-electron chi connectivity index (χ2n) is 5.95. The number of carbonyl (C=O) groups is 2. The van der Waals surface area contributed by atoms with Gasteiger partial charge in [-0.15, -0.1) is 22.7 Å². The number of hydrazine groups is 1. The minimum atomic E-state index is -0.361. The molecule has 0 unspecified atom stereocenters. The maximum absolute atomic E-state index is 12.4. The Labute approximate surface area is 163 Å². The fourth-order valence-electron chi connectivity index (χ4n) is 2.79. The molecule has 27 heavy (non-hydrogen) atoms. The smallest absolute Gasteiger partial charge is 0.281 e. The van der Waals surface area contributed by atoms with Gasteiger partial charge in [0, 0.05) is 17.1 Å². The number of H-pyrrole nitrogens is 1. The SMILES string of the molecule is Cc1nc(-c2cccs2)sc1C(=O)NNC(=O)Cc1c[nH]c2ccccc12. The molecule has 0 saturated carbocycles. The zero-order chi connectivity index (χ0) is 18.8. The Bertz CT molecular complexity index is 1110. The lowest BCUT2D eigenvalue weighted by Crippen LogP contribution is -2.42. The number of hydrogen-bond donors (Lipinski definition) is 3. The van der Waals surface area contributed by atoms with Gasteiger partial charge < -0.3 is 4.98 Å². The number of aromatic amines is 1. The first-order chi connectivity index (χ1) is 13.1. The van der Waals surface area contributed by atoms with E-state index in [1.54, 1.807) is 18.3 Å². The summed E-state index contributed by atoms with van der Waals surface area (Å²) >= 11 is 2.89. The highest BCUT2D eigenvalue weighted by Crippen LogP contribution is 2.30. The largest absolute Gasteiger partial charge is 0.361 e. The lowest BCUT2D eigenvalue weighted by Gasteiger charge is -2.06. The summed E-state index contributed by atoms with van der Waals surface area (Å²) in [5.74, 6) is -0.645. The average Bonchev–Trinajstić information content (AvgIpc) is 3.40. The van der Waals surface area contributed by atoms with Crippen molar-refractivity contribution in [3.63, 3.8) is 0 Å². The number of thiophene rings is 1. The molecule has 3 aromatic heterocycles. The molecular formula is C19H16N4O2S2. The average molecular weight is 396 g/mol. The summed E-state index contributed by atoms with van der Waals surface area (Å²) in [6.07, 6.45) is 1.99. The van der Waals surface area contributed by atoms with Gasteiger partial charge in [-0.05, 0) is 30.0 Å². The normalized spacial score (nSPS) is 10.9. The van der Waals surface area contributed by atoms with Crippen LogP contribution in [0.5, 0.6) is 0 Å². The molecule has 4 aromatic rings. The van der Waals surface area contributed by atoms with Crippen LogP contribution in [-0.2, 0) is 11.2 Å². The van der Waals surface area contributed by atoms with E-state index in [4.69, 9.17) is 0 Å². The number of thiazole rings is 1. The van der Waals surface area contributed by atoms with Crippen molar-refractivity contribution >= 4 is 45.4 Å². The summed E-state index contributed by atoms with van der Waals surface area (Å²) in [7, 11) is 0. The number of nitrogens with one attached hydrogen (secondary N) is 3. The Morgan fingerprint density at radius 1 is 1.15 bits per heavy atom. The quantitative estimate of drug-likeness (QED) is 0.460. The maximum atomic E-state index is 12.4. The summed E-state index contributed by atoms with van der Waals surface area (Å²) in [5.41, 5.74) is 7.47. The number of benzene rings is 1. The molecular weight excluding hydrogens is 380 g/mol. The van der Waals surface area contributed by atoms with Gasteiger partial charge in [-0.2, -0.15) is 0 Å². The number of hydrogen-bond acceptors (Lipinski definition) is 5. The summed E-state index contributed by atoms with van der Waals surface area (Å²) < 4.78 is 0. The molecule has 2 amide bonds. The molecule has 4 rings (SSSR count). The molecule has 0 radical (unpaired) electrons. The molecule has 6 nitrogen and oxygen atoms in total. The van der Waals surface area contributed by atoms with Crippen LogP contribution in [0, 0.1) is 6.92 Å². The number of fused-ring (bicyclic) bond motifs is 1. The van der Waals surface area contributed by atoms with Crippen LogP contribution in [0.3, 0.4) is 0 Å². The van der Waals surface area contributed by atoms with Crippen LogP contribution in [0.25, 0.3) is 20.8 Å². The number of aromatic nitrogens is 2. The number of nitrogens with zero attached hydrogens (tertiary/aromatic N) is 1. The third-order valence-electron chi connectivity index (χ3n) is 4.08. The van der Waals surface area contributed by atoms with Crippen molar-refractivity contribution in [3.05, 3.63) is 64.1 Å². The van der Waals surface area contributed by atoms with Crippen LogP contribution in [0.4, 0.5) is 0 Å². The van der Waals surface area contributed by atoms with Gasteiger partial charge in [0.25, 0.3) is 5.91 Å². The van der Waals surface area contributed by atoms with E-state index in [0.29, 0.717) is 10.6 Å². The molecule has 0 spiro atoms. The molecule has 0 aliphatic carbocycles. The number of para-hydroxylation sites is 1. The maximum Gasteiger partial charge on any atom is 0.281 e. The molecule has 0 bridgehead atoms. The van der Waals surface area contributed by atoms with Gasteiger partial charge >= 0.3 is 0 Å². The van der Waals surface area contributed by atoms with E-state index in [1.165, 1.54) is 11.3 Å². The van der Waals surface area contributed by atoms with Crippen molar-refractivity contribution in [1.29, 1.82) is 0 Å². The van der Waals surface area contributed by atoms with E-state index in [9.17, 15) is 9.59 Å². The van der Waals surface area contributed by atoms with Crippen LogP contribution >= 0.6 is 22.7 Å². The molecule has 0 saturated heterocycles. The number of aryl methyl sites for hydroxylation is 1. The summed E-state index contributed by atoms with van der Waals surface area (Å²) in [5, 5.41) is 3.77. The van der Waals surface area contributed by atoms with Gasteiger partial charge in [0.15, 0.2) is 0 Å². The minimum Gasteiger partial charge on any atom is -0.361 e. The zero-order valence-corrected chi connectivity index (χ0v) is 16.0. The van der Waals surface area contributed by atoms with Crippen molar-refractivity contribution < 1.29 is 9.59 Å².